The van der Waals surface area contributed by atoms with Crippen LogP contribution in [0.3, 0.4) is 0 Å². The van der Waals surface area contributed by atoms with Crippen LogP contribution in [0, 0.1) is 0 Å². The van der Waals surface area contributed by atoms with Crippen LogP contribution in [0.4, 0.5) is 0 Å². The zero-order valence-corrected chi connectivity index (χ0v) is 18.3. The van der Waals surface area contributed by atoms with E-state index < -0.39 is 5.97 Å². The SMILES string of the molecule is COc1ccc(-c2noc(COC(=O)c3cc(OC)c(Br)c(OC)c3)n2)cc1OC. The van der Waals surface area contributed by atoms with E-state index >= 15 is 0 Å². The van der Waals surface area contributed by atoms with Crippen molar-refractivity contribution in [2.45, 2.75) is 6.61 Å². The number of halogens is 1. The normalized spacial score (nSPS) is 10.4. The van der Waals surface area contributed by atoms with E-state index in [-0.39, 0.29) is 18.1 Å². The van der Waals surface area contributed by atoms with Gasteiger partial charge in [-0.05, 0) is 46.3 Å². The van der Waals surface area contributed by atoms with E-state index in [0.717, 1.165) is 0 Å². The number of nitrogens with zero attached hydrogens (tertiary/aromatic N) is 2. The number of benzene rings is 2. The number of hydrogen-bond donors (Lipinski definition) is 0. The number of hydrogen-bond acceptors (Lipinski definition) is 9. The summed E-state index contributed by atoms with van der Waals surface area (Å²) < 4.78 is 32.0. The van der Waals surface area contributed by atoms with Gasteiger partial charge in [-0.25, -0.2) is 4.79 Å². The Labute approximate surface area is 181 Å². The monoisotopic (exact) mass is 478 g/mol. The lowest BCUT2D eigenvalue weighted by atomic mass is 10.2. The van der Waals surface area contributed by atoms with Crippen molar-refractivity contribution in [1.82, 2.24) is 10.1 Å². The number of rotatable bonds is 8. The van der Waals surface area contributed by atoms with Crippen LogP contribution in [0.15, 0.2) is 39.3 Å². The maximum absolute atomic E-state index is 12.4. The highest BCUT2D eigenvalue weighted by molar-refractivity contribution is 9.10. The fraction of sp³-hybridized carbons (Fsp3) is 0.250. The van der Waals surface area contributed by atoms with Crippen molar-refractivity contribution in [2.24, 2.45) is 0 Å². The molecule has 9 nitrogen and oxygen atoms in total. The summed E-state index contributed by atoms with van der Waals surface area (Å²) in [5.74, 6) is 1.87. The molecule has 0 unspecified atom stereocenters. The van der Waals surface area contributed by atoms with Crippen LogP contribution in [0.1, 0.15) is 16.2 Å². The standard InChI is InChI=1S/C20H19BrN2O7/c1-25-13-6-5-11(7-14(13)26-2)19-22-17(30-23-19)10-29-20(24)12-8-15(27-3)18(21)16(9-12)28-4/h5-9H,10H2,1-4H3. The van der Waals surface area contributed by atoms with Crippen LogP contribution in [-0.4, -0.2) is 44.5 Å². The smallest absolute Gasteiger partial charge is 0.338 e. The number of ether oxygens (including phenoxy) is 5. The molecule has 0 saturated carbocycles. The van der Waals surface area contributed by atoms with E-state index in [1.54, 1.807) is 25.3 Å². The molecule has 0 N–H and O–H groups in total. The first-order valence-electron chi connectivity index (χ1n) is 8.64. The summed E-state index contributed by atoms with van der Waals surface area (Å²) in [6, 6.07) is 8.30. The van der Waals surface area contributed by atoms with E-state index in [1.165, 1.54) is 33.5 Å². The van der Waals surface area contributed by atoms with Crippen molar-refractivity contribution in [1.29, 1.82) is 0 Å². The lowest BCUT2D eigenvalue weighted by Gasteiger charge is -2.10. The first-order chi connectivity index (χ1) is 14.5. The van der Waals surface area contributed by atoms with Crippen molar-refractivity contribution in [3.05, 3.63) is 46.3 Å². The van der Waals surface area contributed by atoms with Crippen LogP contribution in [0.25, 0.3) is 11.4 Å². The highest BCUT2D eigenvalue weighted by Crippen LogP contribution is 2.36. The molecule has 0 radical (unpaired) electrons. The summed E-state index contributed by atoms with van der Waals surface area (Å²) in [4.78, 5) is 16.7. The summed E-state index contributed by atoms with van der Waals surface area (Å²) in [6.45, 7) is -0.195. The van der Waals surface area contributed by atoms with Gasteiger partial charge in [0, 0.05) is 5.56 Å². The van der Waals surface area contributed by atoms with Crippen molar-refractivity contribution in [3.8, 4) is 34.4 Å². The van der Waals surface area contributed by atoms with Gasteiger partial charge in [-0.15, -0.1) is 0 Å². The summed E-state index contributed by atoms with van der Waals surface area (Å²) in [5.41, 5.74) is 0.919. The van der Waals surface area contributed by atoms with Crippen LogP contribution in [-0.2, 0) is 11.3 Å². The fourth-order valence-electron chi connectivity index (χ4n) is 2.60. The third kappa shape index (κ3) is 4.48. The van der Waals surface area contributed by atoms with Gasteiger partial charge in [0.05, 0.1) is 34.0 Å². The summed E-state index contributed by atoms with van der Waals surface area (Å²) in [7, 11) is 6.06. The third-order valence-electron chi connectivity index (χ3n) is 4.12. The zero-order valence-electron chi connectivity index (χ0n) is 16.7. The molecule has 0 fully saturated rings. The fourth-order valence-corrected chi connectivity index (χ4v) is 3.16. The van der Waals surface area contributed by atoms with Crippen molar-refractivity contribution in [2.75, 3.05) is 28.4 Å². The number of carbonyl (C=O) groups excluding carboxylic acids is 1. The molecule has 0 aliphatic carbocycles. The Kier molecular flexibility index (Phi) is 6.78. The van der Waals surface area contributed by atoms with Gasteiger partial charge in [0.25, 0.3) is 5.89 Å². The molecule has 0 aliphatic heterocycles. The molecular formula is C20H19BrN2O7. The second-order valence-electron chi connectivity index (χ2n) is 5.85. The highest BCUT2D eigenvalue weighted by Gasteiger charge is 2.18. The number of carbonyl (C=O) groups is 1. The summed E-state index contributed by atoms with van der Waals surface area (Å²) in [5, 5.41) is 3.91. The Balaban J connectivity index is 1.72. The molecule has 0 saturated heterocycles. The first kappa shape index (κ1) is 21.4. The predicted molar refractivity (Wildman–Crippen MR) is 109 cm³/mol. The Hall–Kier alpha value is -3.27. The first-order valence-corrected chi connectivity index (χ1v) is 9.43. The average molecular weight is 479 g/mol. The van der Waals surface area contributed by atoms with Gasteiger partial charge in [-0.3, -0.25) is 0 Å². The van der Waals surface area contributed by atoms with Crippen molar-refractivity contribution >= 4 is 21.9 Å². The molecule has 0 amide bonds. The molecule has 30 heavy (non-hydrogen) atoms. The van der Waals surface area contributed by atoms with Crippen molar-refractivity contribution in [3.63, 3.8) is 0 Å². The zero-order chi connectivity index (χ0) is 21.7. The molecule has 0 atom stereocenters. The third-order valence-corrected chi connectivity index (χ3v) is 4.90. The molecular weight excluding hydrogens is 460 g/mol. The van der Waals surface area contributed by atoms with Gasteiger partial charge >= 0.3 is 5.97 Å². The molecule has 0 bridgehead atoms. The topological polar surface area (TPSA) is 102 Å². The van der Waals surface area contributed by atoms with Crippen LogP contribution >= 0.6 is 15.9 Å². The average Bonchev–Trinajstić information content (AvgIpc) is 3.26. The molecule has 0 aliphatic rings. The molecule has 3 rings (SSSR count). The maximum Gasteiger partial charge on any atom is 0.338 e. The molecule has 158 valence electrons. The lowest BCUT2D eigenvalue weighted by Crippen LogP contribution is -2.06. The Morgan fingerprint density at radius 1 is 0.933 bits per heavy atom. The van der Waals surface area contributed by atoms with Crippen molar-refractivity contribution < 1.29 is 33.0 Å². The second kappa shape index (κ2) is 9.49. The Morgan fingerprint density at radius 3 is 2.17 bits per heavy atom. The van der Waals surface area contributed by atoms with E-state index in [0.29, 0.717) is 38.9 Å². The quantitative estimate of drug-likeness (QED) is 0.446. The van der Waals surface area contributed by atoms with E-state index in [9.17, 15) is 4.79 Å². The molecule has 2 aromatic carbocycles. The van der Waals surface area contributed by atoms with Crippen LogP contribution in [0.2, 0.25) is 0 Å². The van der Waals surface area contributed by atoms with E-state index in [2.05, 4.69) is 26.1 Å². The molecule has 3 aromatic rings. The number of esters is 1. The van der Waals surface area contributed by atoms with Crippen LogP contribution in [0.5, 0.6) is 23.0 Å². The minimum atomic E-state index is -0.593. The Bertz CT molecular complexity index is 1030. The van der Waals surface area contributed by atoms with Gasteiger partial charge < -0.3 is 28.2 Å². The molecule has 0 spiro atoms. The second-order valence-corrected chi connectivity index (χ2v) is 6.65. The molecule has 10 heteroatoms. The maximum atomic E-state index is 12.4. The van der Waals surface area contributed by atoms with Gasteiger partial charge in [0.15, 0.2) is 18.1 Å². The summed E-state index contributed by atoms with van der Waals surface area (Å²) >= 11 is 3.35. The minimum absolute atomic E-state index is 0.143. The predicted octanol–water partition coefficient (Wildman–Crippen LogP) is 3.89. The Morgan fingerprint density at radius 2 is 1.57 bits per heavy atom. The van der Waals surface area contributed by atoms with E-state index in [1.807, 2.05) is 0 Å². The largest absolute Gasteiger partial charge is 0.495 e. The minimum Gasteiger partial charge on any atom is -0.495 e. The van der Waals surface area contributed by atoms with Gasteiger partial charge in [-0.1, -0.05) is 5.16 Å². The van der Waals surface area contributed by atoms with Gasteiger partial charge in [0.2, 0.25) is 5.82 Å². The molecule has 1 aromatic heterocycles. The number of aromatic nitrogens is 2. The highest BCUT2D eigenvalue weighted by atomic mass is 79.9. The van der Waals surface area contributed by atoms with Gasteiger partial charge in [0.1, 0.15) is 16.0 Å². The number of methoxy groups -OCH3 is 4. The van der Waals surface area contributed by atoms with Gasteiger partial charge in [-0.2, -0.15) is 4.98 Å². The lowest BCUT2D eigenvalue weighted by molar-refractivity contribution is 0.0429. The van der Waals surface area contributed by atoms with E-state index in [4.69, 9.17) is 28.2 Å². The molecule has 1 heterocycles. The van der Waals surface area contributed by atoms with Crippen LogP contribution < -0.4 is 18.9 Å². The summed E-state index contributed by atoms with van der Waals surface area (Å²) in [6.07, 6.45) is 0.